The first-order chi connectivity index (χ1) is 20.5. The molecule has 13 heteroatoms. The molecule has 5 amide bonds. The highest BCUT2D eigenvalue weighted by molar-refractivity contribution is 6.02. The van der Waals surface area contributed by atoms with Gasteiger partial charge in [-0.1, -0.05) is 12.1 Å². The van der Waals surface area contributed by atoms with E-state index >= 15 is 0 Å². The Bertz CT molecular complexity index is 1440. The van der Waals surface area contributed by atoms with Crippen LogP contribution in [-0.4, -0.2) is 84.0 Å². The van der Waals surface area contributed by atoms with E-state index in [1.54, 1.807) is 82.3 Å². The molecule has 0 fully saturated rings. The molecule has 1 aliphatic heterocycles. The summed E-state index contributed by atoms with van der Waals surface area (Å²) >= 11 is 0. The van der Waals surface area contributed by atoms with E-state index in [9.17, 15) is 19.5 Å². The van der Waals surface area contributed by atoms with E-state index in [2.05, 4.69) is 21.1 Å². The number of fused-ring (bicyclic) bond motifs is 1. The van der Waals surface area contributed by atoms with Crippen molar-refractivity contribution in [3.8, 4) is 11.5 Å². The topological polar surface area (TPSA) is 158 Å². The molecule has 230 valence electrons. The van der Waals surface area contributed by atoms with E-state index in [4.69, 9.17) is 14.0 Å². The van der Waals surface area contributed by atoms with Crippen molar-refractivity contribution >= 4 is 35.0 Å². The zero-order chi connectivity index (χ0) is 31.3. The third kappa shape index (κ3) is 7.36. The number of hydrogen-bond acceptors (Lipinski definition) is 8. The van der Waals surface area contributed by atoms with Gasteiger partial charge in [0.05, 0.1) is 31.9 Å². The largest absolute Gasteiger partial charge is 0.497 e. The van der Waals surface area contributed by atoms with E-state index in [-0.39, 0.29) is 43.1 Å². The number of aryl methyl sites for hydroxylation is 2. The molecule has 13 nitrogen and oxygen atoms in total. The fourth-order valence-corrected chi connectivity index (χ4v) is 4.70. The second kappa shape index (κ2) is 13.5. The molecule has 3 atom stereocenters. The first-order valence-corrected chi connectivity index (χ1v) is 13.9. The summed E-state index contributed by atoms with van der Waals surface area (Å²) in [5.74, 6) is 0.919. The number of aliphatic hydroxyl groups excluding tert-OH is 1. The molecule has 0 bridgehead atoms. The molecular weight excluding hydrogens is 556 g/mol. The Kier molecular flexibility index (Phi) is 9.76. The Labute approximate surface area is 250 Å². The van der Waals surface area contributed by atoms with Gasteiger partial charge in [-0.3, -0.25) is 4.79 Å². The number of hydrogen-bond donors (Lipinski definition) is 4. The van der Waals surface area contributed by atoms with Gasteiger partial charge in [0.1, 0.15) is 29.0 Å². The van der Waals surface area contributed by atoms with Gasteiger partial charge >= 0.3 is 12.1 Å². The van der Waals surface area contributed by atoms with Crippen molar-refractivity contribution in [1.82, 2.24) is 15.0 Å². The van der Waals surface area contributed by atoms with Crippen LogP contribution < -0.4 is 25.4 Å². The Hall–Kier alpha value is -4.78. The average Bonchev–Trinajstić information content (AvgIpc) is 3.31. The number of rotatable bonds is 8. The van der Waals surface area contributed by atoms with Crippen LogP contribution in [0.4, 0.5) is 26.7 Å². The third-order valence-electron chi connectivity index (χ3n) is 7.34. The summed E-state index contributed by atoms with van der Waals surface area (Å²) in [6, 6.07) is 10.3. The lowest BCUT2D eigenvalue weighted by Gasteiger charge is -2.38. The summed E-state index contributed by atoms with van der Waals surface area (Å²) in [5.41, 5.74) is 2.24. The van der Waals surface area contributed by atoms with Crippen LogP contribution in [0, 0.1) is 19.8 Å². The molecule has 4 rings (SSSR count). The van der Waals surface area contributed by atoms with Crippen molar-refractivity contribution in [2.24, 2.45) is 5.92 Å². The van der Waals surface area contributed by atoms with Crippen LogP contribution in [0.1, 0.15) is 35.7 Å². The molecular formula is C30H38N6O7. The number of carbonyl (C=O) groups excluding carboxylic acids is 3. The number of urea groups is 2. The van der Waals surface area contributed by atoms with Gasteiger partial charge in [0, 0.05) is 30.9 Å². The maximum Gasteiger partial charge on any atom is 0.323 e. The Morgan fingerprint density at radius 3 is 2.44 bits per heavy atom. The number of nitrogens with zero attached hydrogens (tertiary/aromatic N) is 3. The Morgan fingerprint density at radius 2 is 1.81 bits per heavy atom. The summed E-state index contributed by atoms with van der Waals surface area (Å²) in [4.78, 5) is 42.5. The Morgan fingerprint density at radius 1 is 1.14 bits per heavy atom. The van der Waals surface area contributed by atoms with Crippen LogP contribution >= 0.6 is 0 Å². The molecule has 0 saturated heterocycles. The molecule has 2 aromatic carbocycles. The first-order valence-electron chi connectivity index (χ1n) is 13.9. The number of methoxy groups -OCH3 is 1. The van der Waals surface area contributed by atoms with E-state index in [1.807, 2.05) is 6.92 Å². The Balaban J connectivity index is 1.54. The maximum absolute atomic E-state index is 13.7. The minimum absolute atomic E-state index is 0.200. The first kappa shape index (κ1) is 31.2. The number of nitrogens with one attached hydrogen (secondary N) is 3. The number of anilines is 3. The molecule has 3 aromatic rings. The van der Waals surface area contributed by atoms with Gasteiger partial charge in [0.15, 0.2) is 5.76 Å². The number of aromatic nitrogens is 1. The molecule has 43 heavy (non-hydrogen) atoms. The monoisotopic (exact) mass is 594 g/mol. The molecule has 1 aromatic heterocycles. The third-order valence-corrected chi connectivity index (χ3v) is 7.34. The zero-order valence-electron chi connectivity index (χ0n) is 25.1. The van der Waals surface area contributed by atoms with Crippen LogP contribution in [0.3, 0.4) is 0 Å². The fourth-order valence-electron chi connectivity index (χ4n) is 4.70. The standard InChI is InChI=1S/C30H38N6O7/c1-17-14-36(18(2)16-37)28(38)24-13-22(32-29(39)31-21-7-10-23(41-6)11-8-21)9-12-25(24)42-26(17)15-35(5)30(40)33-27-19(3)34-43-20(27)4/h7-13,17-18,26,37H,14-16H2,1-6H3,(H,33,40)(H2,31,32,39)/t17-,18-,26-/m0/s1. The van der Waals surface area contributed by atoms with Crippen LogP contribution in [0.15, 0.2) is 47.0 Å². The second-order valence-corrected chi connectivity index (χ2v) is 10.7. The fraction of sp³-hybridized carbons (Fsp3) is 0.400. The molecule has 0 radical (unpaired) electrons. The number of aliphatic hydroxyl groups is 1. The van der Waals surface area contributed by atoms with E-state index in [0.29, 0.717) is 40.0 Å². The molecule has 2 heterocycles. The summed E-state index contributed by atoms with van der Waals surface area (Å²) in [5, 5.41) is 22.1. The van der Waals surface area contributed by atoms with Gasteiger partial charge in [-0.05, 0) is 63.2 Å². The van der Waals surface area contributed by atoms with Crippen LogP contribution in [0.2, 0.25) is 0 Å². The molecule has 1 aliphatic rings. The summed E-state index contributed by atoms with van der Waals surface area (Å²) in [6.07, 6.45) is -0.502. The highest BCUT2D eigenvalue weighted by Crippen LogP contribution is 2.31. The molecule has 4 N–H and O–H groups in total. The van der Waals surface area contributed by atoms with Gasteiger partial charge in [-0.2, -0.15) is 0 Å². The lowest BCUT2D eigenvalue weighted by Crippen LogP contribution is -2.50. The lowest BCUT2D eigenvalue weighted by atomic mass is 9.99. The summed E-state index contributed by atoms with van der Waals surface area (Å²) in [6.45, 7) is 7.39. The highest BCUT2D eigenvalue weighted by atomic mass is 16.5. The van der Waals surface area contributed by atoms with E-state index < -0.39 is 18.2 Å². The van der Waals surface area contributed by atoms with Gasteiger partial charge in [-0.25, -0.2) is 9.59 Å². The zero-order valence-corrected chi connectivity index (χ0v) is 25.1. The van der Waals surface area contributed by atoms with Gasteiger partial charge in [0.25, 0.3) is 5.91 Å². The van der Waals surface area contributed by atoms with Gasteiger partial charge < -0.3 is 44.9 Å². The smallest absolute Gasteiger partial charge is 0.323 e. The van der Waals surface area contributed by atoms with Crippen LogP contribution in [-0.2, 0) is 0 Å². The van der Waals surface area contributed by atoms with Crippen molar-refractivity contribution in [3.05, 3.63) is 59.5 Å². The van der Waals surface area contributed by atoms with Crippen LogP contribution in [0.5, 0.6) is 11.5 Å². The van der Waals surface area contributed by atoms with Crippen molar-refractivity contribution in [3.63, 3.8) is 0 Å². The maximum atomic E-state index is 13.7. The number of amides is 5. The number of ether oxygens (including phenoxy) is 2. The predicted molar refractivity (Wildman–Crippen MR) is 161 cm³/mol. The normalized spacial score (nSPS) is 17.1. The molecule has 0 aliphatic carbocycles. The average molecular weight is 595 g/mol. The molecule has 0 unspecified atom stereocenters. The lowest BCUT2D eigenvalue weighted by molar-refractivity contribution is 0.0371. The molecule has 0 spiro atoms. The van der Waals surface area contributed by atoms with E-state index in [0.717, 1.165) is 0 Å². The van der Waals surface area contributed by atoms with Crippen molar-refractivity contribution in [2.45, 2.75) is 39.8 Å². The quantitative estimate of drug-likeness (QED) is 0.300. The summed E-state index contributed by atoms with van der Waals surface area (Å²) < 4.78 is 16.6. The van der Waals surface area contributed by atoms with E-state index in [1.165, 1.54) is 4.90 Å². The molecule has 0 saturated carbocycles. The van der Waals surface area contributed by atoms with Crippen LogP contribution in [0.25, 0.3) is 0 Å². The SMILES string of the molecule is COc1ccc(NC(=O)Nc2ccc3c(c2)C(=O)N([C@@H](C)CO)C[C@H](C)[C@H](CN(C)C(=O)Nc2c(C)noc2C)O3)cc1. The number of benzene rings is 2. The van der Waals surface area contributed by atoms with Crippen molar-refractivity contribution in [2.75, 3.05) is 49.8 Å². The number of likely N-dealkylation sites (N-methyl/N-ethyl adjacent to an activating group) is 1. The number of carbonyl (C=O) groups is 3. The van der Waals surface area contributed by atoms with Crippen molar-refractivity contribution in [1.29, 1.82) is 0 Å². The van der Waals surface area contributed by atoms with Gasteiger partial charge in [-0.15, -0.1) is 0 Å². The minimum Gasteiger partial charge on any atom is -0.497 e. The van der Waals surface area contributed by atoms with Gasteiger partial charge in [0.2, 0.25) is 0 Å². The second-order valence-electron chi connectivity index (χ2n) is 10.7. The highest BCUT2D eigenvalue weighted by Gasteiger charge is 2.34. The predicted octanol–water partition coefficient (Wildman–Crippen LogP) is 4.33. The minimum atomic E-state index is -0.502. The van der Waals surface area contributed by atoms with Crippen molar-refractivity contribution < 1.29 is 33.5 Å². The summed E-state index contributed by atoms with van der Waals surface area (Å²) in [7, 11) is 3.21.